The Hall–Kier alpha value is -2.16. The van der Waals surface area contributed by atoms with E-state index in [4.69, 9.17) is 0 Å². The van der Waals surface area contributed by atoms with E-state index in [-0.39, 0.29) is 11.8 Å². The maximum atomic E-state index is 9.65. The van der Waals surface area contributed by atoms with Gasteiger partial charge in [0.2, 0.25) is 0 Å². The molecule has 3 nitrogen and oxygen atoms in total. The van der Waals surface area contributed by atoms with Gasteiger partial charge in [0.05, 0.1) is 6.04 Å². The zero-order chi connectivity index (χ0) is 13.2. The smallest absolute Gasteiger partial charge is 0.117 e. The second-order valence-electron chi connectivity index (χ2n) is 5.02. The molecule has 2 aromatic rings. The molecule has 3 N–H and O–H groups in total. The Morgan fingerprint density at radius 3 is 2.68 bits per heavy atom. The van der Waals surface area contributed by atoms with Crippen molar-refractivity contribution in [1.82, 2.24) is 0 Å². The molecular weight excluding hydrogens is 238 g/mol. The summed E-state index contributed by atoms with van der Waals surface area (Å²) in [5.74, 6) is 0.570. The average molecular weight is 255 g/mol. The molecule has 2 aromatic carbocycles. The highest BCUT2D eigenvalue weighted by molar-refractivity contribution is 5.51. The molecule has 0 fully saturated rings. The van der Waals surface area contributed by atoms with Crippen LogP contribution >= 0.6 is 0 Å². The number of fused-ring (bicyclic) bond motifs is 1. The number of anilines is 1. The lowest BCUT2D eigenvalue weighted by Crippen LogP contribution is -2.17. The van der Waals surface area contributed by atoms with Gasteiger partial charge < -0.3 is 15.5 Å². The molecular formula is C16H17NO2. The summed E-state index contributed by atoms with van der Waals surface area (Å²) in [6, 6.07) is 12.9. The summed E-state index contributed by atoms with van der Waals surface area (Å²) in [5, 5.41) is 22.6. The summed E-state index contributed by atoms with van der Waals surface area (Å²) >= 11 is 0. The highest BCUT2D eigenvalue weighted by Gasteiger charge is 2.20. The quantitative estimate of drug-likeness (QED) is 0.768. The Kier molecular flexibility index (Phi) is 3.03. The molecule has 1 atom stereocenters. The molecule has 98 valence electrons. The van der Waals surface area contributed by atoms with Gasteiger partial charge in [0.25, 0.3) is 0 Å². The van der Waals surface area contributed by atoms with Crippen LogP contribution in [0.3, 0.4) is 0 Å². The number of aromatic hydroxyl groups is 2. The molecule has 0 spiro atoms. The third kappa shape index (κ3) is 2.50. The predicted molar refractivity (Wildman–Crippen MR) is 75.5 cm³/mol. The van der Waals surface area contributed by atoms with Gasteiger partial charge in [0.1, 0.15) is 11.5 Å². The first-order valence-corrected chi connectivity index (χ1v) is 6.60. The van der Waals surface area contributed by atoms with E-state index < -0.39 is 0 Å². The fourth-order valence-corrected chi connectivity index (χ4v) is 2.73. The van der Waals surface area contributed by atoms with Gasteiger partial charge in [-0.05, 0) is 54.7 Å². The van der Waals surface area contributed by atoms with Crippen LogP contribution in [-0.4, -0.2) is 10.2 Å². The van der Waals surface area contributed by atoms with Gasteiger partial charge in [-0.25, -0.2) is 0 Å². The second kappa shape index (κ2) is 4.84. The number of phenolic OH excluding ortho intramolecular Hbond substituents is 2. The van der Waals surface area contributed by atoms with Crippen molar-refractivity contribution in [3.05, 3.63) is 53.6 Å². The van der Waals surface area contributed by atoms with Crippen molar-refractivity contribution in [2.75, 3.05) is 5.32 Å². The number of hydrogen-bond donors (Lipinski definition) is 3. The number of nitrogens with one attached hydrogen (secondary N) is 1. The van der Waals surface area contributed by atoms with Gasteiger partial charge in [-0.15, -0.1) is 0 Å². The van der Waals surface area contributed by atoms with Crippen LogP contribution in [0.5, 0.6) is 11.5 Å². The van der Waals surface area contributed by atoms with Crippen molar-refractivity contribution >= 4 is 5.69 Å². The lowest BCUT2D eigenvalue weighted by Gasteiger charge is -2.27. The highest BCUT2D eigenvalue weighted by Crippen LogP contribution is 2.34. The molecule has 1 unspecified atom stereocenters. The first-order valence-electron chi connectivity index (χ1n) is 6.60. The van der Waals surface area contributed by atoms with E-state index in [0.29, 0.717) is 5.75 Å². The molecule has 1 aliphatic rings. The summed E-state index contributed by atoms with van der Waals surface area (Å²) in [5.41, 5.74) is 3.36. The van der Waals surface area contributed by atoms with Crippen molar-refractivity contribution in [1.29, 1.82) is 0 Å². The molecule has 0 amide bonds. The van der Waals surface area contributed by atoms with Crippen LogP contribution in [0.4, 0.5) is 5.69 Å². The molecule has 0 heterocycles. The number of phenols is 2. The fourth-order valence-electron chi connectivity index (χ4n) is 2.73. The largest absolute Gasteiger partial charge is 0.508 e. The normalized spacial score (nSPS) is 17.8. The molecule has 0 aromatic heterocycles. The molecule has 0 saturated carbocycles. The van der Waals surface area contributed by atoms with Gasteiger partial charge in [-0.2, -0.15) is 0 Å². The van der Waals surface area contributed by atoms with Gasteiger partial charge in [-0.3, -0.25) is 0 Å². The molecule has 0 saturated heterocycles. The van der Waals surface area contributed by atoms with E-state index in [1.54, 1.807) is 18.2 Å². The minimum atomic E-state index is 0.192. The predicted octanol–water partition coefficient (Wildman–Crippen LogP) is 3.59. The lowest BCUT2D eigenvalue weighted by molar-refractivity contribution is 0.471. The Labute approximate surface area is 112 Å². The van der Waals surface area contributed by atoms with Crippen LogP contribution in [0.2, 0.25) is 0 Å². The molecule has 1 aliphatic carbocycles. The number of rotatable bonds is 2. The van der Waals surface area contributed by atoms with E-state index in [1.165, 1.54) is 5.56 Å². The van der Waals surface area contributed by atoms with Gasteiger partial charge >= 0.3 is 0 Å². The molecule has 3 rings (SSSR count). The molecule has 3 heteroatoms. The third-order valence-corrected chi connectivity index (χ3v) is 3.63. The number of benzene rings is 2. The van der Waals surface area contributed by atoms with E-state index in [2.05, 4.69) is 5.32 Å². The number of hydrogen-bond acceptors (Lipinski definition) is 3. The standard InChI is InChI=1S/C16H17NO2/c18-13-5-2-4-12(9-13)17-16-6-1-3-11-7-8-14(19)10-15(11)16/h2,4-5,7-10,16-19H,1,3,6H2. The van der Waals surface area contributed by atoms with E-state index in [0.717, 1.165) is 30.5 Å². The first-order chi connectivity index (χ1) is 9.22. The van der Waals surface area contributed by atoms with E-state index in [1.807, 2.05) is 24.3 Å². The SMILES string of the molecule is Oc1cccc(NC2CCCc3ccc(O)cc32)c1. The molecule has 0 radical (unpaired) electrons. The van der Waals surface area contributed by atoms with Crippen molar-refractivity contribution < 1.29 is 10.2 Å². The topological polar surface area (TPSA) is 52.5 Å². The zero-order valence-electron chi connectivity index (χ0n) is 10.6. The molecule has 0 aliphatic heterocycles. The van der Waals surface area contributed by atoms with Crippen LogP contribution in [0, 0.1) is 0 Å². The van der Waals surface area contributed by atoms with E-state index in [9.17, 15) is 10.2 Å². The molecule has 0 bridgehead atoms. The average Bonchev–Trinajstić information content (AvgIpc) is 2.39. The zero-order valence-corrected chi connectivity index (χ0v) is 10.6. The Bertz CT molecular complexity index is 595. The third-order valence-electron chi connectivity index (χ3n) is 3.63. The minimum Gasteiger partial charge on any atom is -0.508 e. The van der Waals surface area contributed by atoms with Crippen LogP contribution < -0.4 is 5.32 Å². The second-order valence-corrected chi connectivity index (χ2v) is 5.02. The van der Waals surface area contributed by atoms with Crippen LogP contribution in [0.15, 0.2) is 42.5 Å². The summed E-state index contributed by atoms with van der Waals surface area (Å²) in [7, 11) is 0. The van der Waals surface area contributed by atoms with Crippen molar-refractivity contribution in [3.8, 4) is 11.5 Å². The maximum Gasteiger partial charge on any atom is 0.117 e. The summed E-state index contributed by atoms with van der Waals surface area (Å²) in [6.45, 7) is 0. The summed E-state index contributed by atoms with van der Waals surface area (Å²) in [6.07, 6.45) is 3.23. The number of aryl methyl sites for hydroxylation is 1. The lowest BCUT2D eigenvalue weighted by atomic mass is 9.87. The minimum absolute atomic E-state index is 0.192. The maximum absolute atomic E-state index is 9.65. The van der Waals surface area contributed by atoms with E-state index >= 15 is 0 Å². The van der Waals surface area contributed by atoms with Crippen LogP contribution in [0.25, 0.3) is 0 Å². The van der Waals surface area contributed by atoms with Gasteiger partial charge in [-0.1, -0.05) is 12.1 Å². The van der Waals surface area contributed by atoms with Crippen molar-refractivity contribution in [3.63, 3.8) is 0 Å². The Balaban J connectivity index is 1.89. The Morgan fingerprint density at radius 2 is 1.84 bits per heavy atom. The Morgan fingerprint density at radius 1 is 1.00 bits per heavy atom. The fraction of sp³-hybridized carbons (Fsp3) is 0.250. The van der Waals surface area contributed by atoms with Crippen LogP contribution in [-0.2, 0) is 6.42 Å². The molecule has 19 heavy (non-hydrogen) atoms. The monoisotopic (exact) mass is 255 g/mol. The highest BCUT2D eigenvalue weighted by atomic mass is 16.3. The van der Waals surface area contributed by atoms with Gasteiger partial charge in [0, 0.05) is 11.8 Å². The van der Waals surface area contributed by atoms with Crippen molar-refractivity contribution in [2.45, 2.75) is 25.3 Å². The summed E-state index contributed by atoms with van der Waals surface area (Å²) in [4.78, 5) is 0. The van der Waals surface area contributed by atoms with Crippen molar-refractivity contribution in [2.24, 2.45) is 0 Å². The first kappa shape index (κ1) is 11.9. The van der Waals surface area contributed by atoms with Crippen LogP contribution in [0.1, 0.15) is 30.0 Å². The van der Waals surface area contributed by atoms with Gasteiger partial charge in [0.15, 0.2) is 0 Å². The summed E-state index contributed by atoms with van der Waals surface area (Å²) < 4.78 is 0.